The molecule has 1 atom stereocenters. The van der Waals surface area contributed by atoms with Crippen LogP contribution in [0.3, 0.4) is 0 Å². The van der Waals surface area contributed by atoms with Crippen LogP contribution < -0.4 is 5.32 Å². The first-order valence-corrected chi connectivity index (χ1v) is 13.4. The van der Waals surface area contributed by atoms with Crippen LogP contribution in [0.2, 0.25) is 0 Å². The number of nitrogens with zero attached hydrogens (tertiary/aromatic N) is 4. The molecular formula is C32H35N5. The van der Waals surface area contributed by atoms with Gasteiger partial charge in [0.2, 0.25) is 0 Å². The molecule has 1 N–H and O–H groups in total. The van der Waals surface area contributed by atoms with Gasteiger partial charge in [0.25, 0.3) is 0 Å². The molecule has 1 unspecified atom stereocenters. The van der Waals surface area contributed by atoms with Crippen molar-refractivity contribution in [1.29, 1.82) is 0 Å². The van der Waals surface area contributed by atoms with E-state index in [4.69, 9.17) is 9.97 Å². The fourth-order valence-electron chi connectivity index (χ4n) is 4.95. The molecule has 5 rings (SSSR count). The summed E-state index contributed by atoms with van der Waals surface area (Å²) in [4.78, 5) is 16.9. The zero-order valence-corrected chi connectivity index (χ0v) is 22.0. The lowest BCUT2D eigenvalue weighted by atomic mass is 10.0. The zero-order valence-electron chi connectivity index (χ0n) is 22.0. The zero-order chi connectivity index (χ0) is 25.6. The molecule has 0 amide bonds. The SMILES string of the molecule is CCN(CC)CCCC(C)Nc1nc(-c2ccc3ccccc3c2)nc2c(-c3ccncc3)cccc12. The van der Waals surface area contributed by atoms with Crippen LogP contribution in [0.25, 0.3) is 44.2 Å². The van der Waals surface area contributed by atoms with Crippen molar-refractivity contribution in [2.45, 2.75) is 39.7 Å². The molecule has 0 spiro atoms. The van der Waals surface area contributed by atoms with E-state index in [0.29, 0.717) is 6.04 Å². The van der Waals surface area contributed by atoms with Crippen LogP contribution in [0, 0.1) is 0 Å². The van der Waals surface area contributed by atoms with Gasteiger partial charge in [0.1, 0.15) is 5.82 Å². The fourth-order valence-corrected chi connectivity index (χ4v) is 4.95. The summed E-state index contributed by atoms with van der Waals surface area (Å²) >= 11 is 0. The van der Waals surface area contributed by atoms with Crippen molar-refractivity contribution in [3.63, 3.8) is 0 Å². The molecule has 0 saturated carbocycles. The number of para-hydroxylation sites is 1. The Labute approximate surface area is 219 Å². The maximum Gasteiger partial charge on any atom is 0.162 e. The van der Waals surface area contributed by atoms with Crippen LogP contribution in [-0.2, 0) is 0 Å². The van der Waals surface area contributed by atoms with E-state index >= 15 is 0 Å². The predicted molar refractivity (Wildman–Crippen MR) is 156 cm³/mol. The Hall–Kier alpha value is -3.83. The van der Waals surface area contributed by atoms with E-state index in [1.54, 1.807) is 0 Å². The van der Waals surface area contributed by atoms with Crippen LogP contribution in [0.5, 0.6) is 0 Å². The van der Waals surface area contributed by atoms with Gasteiger partial charge in [-0.15, -0.1) is 0 Å². The van der Waals surface area contributed by atoms with Crippen molar-refractivity contribution >= 4 is 27.5 Å². The minimum absolute atomic E-state index is 0.294. The average Bonchev–Trinajstić information content (AvgIpc) is 2.95. The largest absolute Gasteiger partial charge is 0.367 e. The number of rotatable bonds is 10. The summed E-state index contributed by atoms with van der Waals surface area (Å²) in [5.41, 5.74) is 4.15. The second-order valence-corrected chi connectivity index (χ2v) is 9.61. The number of pyridine rings is 1. The van der Waals surface area contributed by atoms with Crippen molar-refractivity contribution in [3.05, 3.63) is 85.2 Å². The molecular weight excluding hydrogens is 454 g/mol. The van der Waals surface area contributed by atoms with E-state index in [2.05, 4.69) is 96.6 Å². The van der Waals surface area contributed by atoms with Gasteiger partial charge in [-0.3, -0.25) is 4.98 Å². The molecule has 5 nitrogen and oxygen atoms in total. The smallest absolute Gasteiger partial charge is 0.162 e. The number of aromatic nitrogens is 3. The van der Waals surface area contributed by atoms with Gasteiger partial charge in [-0.2, -0.15) is 0 Å². The normalized spacial score (nSPS) is 12.3. The third kappa shape index (κ3) is 5.62. The minimum atomic E-state index is 0.294. The molecule has 188 valence electrons. The average molecular weight is 490 g/mol. The van der Waals surface area contributed by atoms with Gasteiger partial charge < -0.3 is 10.2 Å². The standard InChI is InChI=1S/C32H35N5/c1-4-37(5-2)21-9-10-23(3)34-32-29-14-8-13-28(25-17-19-33-20-18-25)30(29)35-31(36-32)27-16-15-24-11-6-7-12-26(24)22-27/h6-8,11-20,22-23H,4-5,9-10,21H2,1-3H3,(H,34,35,36). The van der Waals surface area contributed by atoms with Crippen LogP contribution in [0.1, 0.15) is 33.6 Å². The number of hydrogen-bond donors (Lipinski definition) is 1. The van der Waals surface area contributed by atoms with Gasteiger partial charge in [-0.25, -0.2) is 9.97 Å². The molecule has 0 bridgehead atoms. The van der Waals surface area contributed by atoms with Crippen LogP contribution in [0.4, 0.5) is 5.82 Å². The van der Waals surface area contributed by atoms with E-state index < -0.39 is 0 Å². The Balaban J connectivity index is 1.56. The van der Waals surface area contributed by atoms with E-state index in [9.17, 15) is 0 Å². The van der Waals surface area contributed by atoms with Crippen molar-refractivity contribution in [3.8, 4) is 22.5 Å². The Kier molecular flexibility index (Phi) is 7.71. The molecule has 0 aliphatic heterocycles. The molecule has 3 aromatic carbocycles. The molecule has 0 saturated heterocycles. The highest BCUT2D eigenvalue weighted by Crippen LogP contribution is 2.33. The predicted octanol–water partition coefficient (Wildman–Crippen LogP) is 7.43. The van der Waals surface area contributed by atoms with Crippen molar-refractivity contribution in [2.24, 2.45) is 0 Å². The molecule has 0 fully saturated rings. The number of benzene rings is 3. The van der Waals surface area contributed by atoms with E-state index in [0.717, 1.165) is 71.7 Å². The van der Waals surface area contributed by atoms with E-state index in [-0.39, 0.29) is 0 Å². The summed E-state index contributed by atoms with van der Waals surface area (Å²) in [6, 6.07) is 25.6. The van der Waals surface area contributed by atoms with Gasteiger partial charge in [-0.1, -0.05) is 62.4 Å². The van der Waals surface area contributed by atoms with E-state index in [1.807, 2.05) is 24.5 Å². The molecule has 37 heavy (non-hydrogen) atoms. The van der Waals surface area contributed by atoms with Gasteiger partial charge in [0.05, 0.1) is 5.52 Å². The quantitative estimate of drug-likeness (QED) is 0.221. The summed E-state index contributed by atoms with van der Waals surface area (Å²) in [5, 5.41) is 7.17. The maximum atomic E-state index is 5.13. The molecule has 0 aliphatic carbocycles. The topological polar surface area (TPSA) is 53.9 Å². The fraction of sp³-hybridized carbons (Fsp3) is 0.281. The first kappa shape index (κ1) is 24.8. The van der Waals surface area contributed by atoms with Crippen LogP contribution in [-0.4, -0.2) is 45.5 Å². The Morgan fingerprint density at radius 1 is 0.811 bits per heavy atom. The number of nitrogens with one attached hydrogen (secondary N) is 1. The van der Waals surface area contributed by atoms with Crippen molar-refractivity contribution < 1.29 is 0 Å². The second-order valence-electron chi connectivity index (χ2n) is 9.61. The number of hydrogen-bond acceptors (Lipinski definition) is 5. The highest BCUT2D eigenvalue weighted by Gasteiger charge is 2.15. The third-order valence-electron chi connectivity index (χ3n) is 7.11. The Morgan fingerprint density at radius 3 is 2.38 bits per heavy atom. The highest BCUT2D eigenvalue weighted by atomic mass is 15.1. The molecule has 5 aromatic rings. The lowest BCUT2D eigenvalue weighted by Gasteiger charge is -2.21. The number of anilines is 1. The molecule has 0 aliphatic rings. The number of fused-ring (bicyclic) bond motifs is 2. The van der Waals surface area contributed by atoms with E-state index in [1.165, 1.54) is 10.8 Å². The van der Waals surface area contributed by atoms with Crippen LogP contribution in [0.15, 0.2) is 85.2 Å². The highest BCUT2D eigenvalue weighted by molar-refractivity contribution is 6.00. The summed E-state index contributed by atoms with van der Waals surface area (Å²) in [6.07, 6.45) is 5.89. The lowest BCUT2D eigenvalue weighted by Crippen LogP contribution is -2.25. The Morgan fingerprint density at radius 2 is 1.59 bits per heavy atom. The lowest BCUT2D eigenvalue weighted by molar-refractivity contribution is 0.295. The molecule has 0 radical (unpaired) electrons. The van der Waals surface area contributed by atoms with Gasteiger partial charge in [-0.05, 0) is 80.0 Å². The van der Waals surface area contributed by atoms with Gasteiger partial charge >= 0.3 is 0 Å². The van der Waals surface area contributed by atoms with Crippen molar-refractivity contribution in [2.75, 3.05) is 25.0 Å². The summed E-state index contributed by atoms with van der Waals surface area (Å²) < 4.78 is 0. The summed E-state index contributed by atoms with van der Waals surface area (Å²) in [5.74, 6) is 1.62. The minimum Gasteiger partial charge on any atom is -0.367 e. The molecule has 2 aromatic heterocycles. The summed E-state index contributed by atoms with van der Waals surface area (Å²) in [6.45, 7) is 10.0. The monoisotopic (exact) mass is 489 g/mol. The Bertz CT molecular complexity index is 1480. The van der Waals surface area contributed by atoms with Crippen LogP contribution >= 0.6 is 0 Å². The maximum absolute atomic E-state index is 5.13. The first-order chi connectivity index (χ1) is 18.2. The summed E-state index contributed by atoms with van der Waals surface area (Å²) in [7, 11) is 0. The third-order valence-corrected chi connectivity index (χ3v) is 7.11. The second kappa shape index (κ2) is 11.5. The first-order valence-electron chi connectivity index (χ1n) is 13.4. The van der Waals surface area contributed by atoms with Gasteiger partial charge in [0.15, 0.2) is 5.82 Å². The van der Waals surface area contributed by atoms with Crippen molar-refractivity contribution in [1.82, 2.24) is 19.9 Å². The van der Waals surface area contributed by atoms with Gasteiger partial charge in [0, 0.05) is 34.9 Å². The molecule has 5 heteroatoms. The molecule has 2 heterocycles.